The number of aromatic carboxylic acids is 1. The lowest BCUT2D eigenvalue weighted by atomic mass is 10.1. The average Bonchev–Trinajstić information content (AvgIpc) is 2.61. The maximum atomic E-state index is 11.1. The lowest BCUT2D eigenvalue weighted by Gasteiger charge is -2.02. The van der Waals surface area contributed by atoms with E-state index in [0.717, 1.165) is 22.2 Å². The Bertz CT molecular complexity index is 557. The van der Waals surface area contributed by atoms with E-state index in [9.17, 15) is 4.79 Å². The van der Waals surface area contributed by atoms with Gasteiger partial charge < -0.3 is 5.11 Å². The molecule has 0 radical (unpaired) electrons. The molecular formula is C9H5BrINO3S. The third kappa shape index (κ3) is 2.22. The monoisotopic (exact) mass is 413 g/mol. The van der Waals surface area contributed by atoms with Gasteiger partial charge in [-0.3, -0.25) is 3.97 Å². The van der Waals surface area contributed by atoms with Crippen LogP contribution in [-0.4, -0.2) is 15.0 Å². The Morgan fingerprint density at radius 3 is 2.94 bits per heavy atom. The van der Waals surface area contributed by atoms with Gasteiger partial charge in [-0.25, -0.2) is 7.31 Å². The minimum atomic E-state index is -0.940. The third-order valence-corrected chi connectivity index (χ3v) is 3.55. The topological polar surface area (TPSA) is 51.5 Å². The van der Waals surface area contributed by atoms with Gasteiger partial charge >= 0.3 is 5.97 Å². The summed E-state index contributed by atoms with van der Waals surface area (Å²) in [6, 6.07) is 5.20. The van der Waals surface area contributed by atoms with Crippen LogP contribution in [0.5, 0.6) is 0 Å². The molecule has 0 atom stereocenters. The van der Waals surface area contributed by atoms with Gasteiger partial charge in [0, 0.05) is 16.1 Å². The Labute approximate surface area is 118 Å². The fourth-order valence-corrected chi connectivity index (χ4v) is 2.82. The van der Waals surface area contributed by atoms with Gasteiger partial charge in [-0.05, 0) is 18.2 Å². The number of halogens is 2. The molecule has 0 aliphatic heterocycles. The number of aromatic nitrogens is 1. The van der Waals surface area contributed by atoms with Crippen molar-refractivity contribution in [3.05, 3.63) is 34.4 Å². The van der Waals surface area contributed by atoms with Crippen LogP contribution in [0.2, 0.25) is 0 Å². The number of carboxylic acid groups (broad SMARTS) is 1. The number of hydrogen-bond acceptors (Lipinski definition) is 3. The normalized spacial score (nSPS) is 10.9. The number of carboxylic acids is 1. The van der Waals surface area contributed by atoms with E-state index in [1.165, 1.54) is 0 Å². The second kappa shape index (κ2) is 4.94. The van der Waals surface area contributed by atoms with Crippen LogP contribution < -0.4 is 0 Å². The minimum absolute atomic E-state index is 0.275. The summed E-state index contributed by atoms with van der Waals surface area (Å²) in [6.07, 6.45) is 1.77. The smallest absolute Gasteiger partial charge is 0.336 e. The summed E-state index contributed by atoms with van der Waals surface area (Å²) in [5.74, 6) is -0.940. The molecular weight excluding hydrogens is 409 g/mol. The molecule has 0 aliphatic carbocycles. The molecule has 0 bridgehead atoms. The Hall–Kier alpha value is -0.250. The first kappa shape index (κ1) is 12.2. The van der Waals surface area contributed by atoms with Crippen molar-refractivity contribution in [2.45, 2.75) is 0 Å². The highest BCUT2D eigenvalue weighted by atomic mass is 127. The van der Waals surface area contributed by atoms with E-state index in [1.54, 1.807) is 45.3 Å². The second-order valence-corrected chi connectivity index (χ2v) is 5.63. The quantitative estimate of drug-likeness (QED) is 0.612. The van der Waals surface area contributed by atoms with Gasteiger partial charge in [0.05, 0.1) is 11.1 Å². The zero-order valence-corrected chi connectivity index (χ0v) is 12.2. The van der Waals surface area contributed by atoms with Crippen molar-refractivity contribution >= 4 is 68.0 Å². The molecule has 84 valence electrons. The molecule has 7 heteroatoms. The van der Waals surface area contributed by atoms with Crippen molar-refractivity contribution in [2.75, 3.05) is 0 Å². The SMILES string of the molecule is O=C(O)c1cc(Br)cc2c1ccn2SOI. The predicted octanol–water partition coefficient (Wildman–Crippen LogP) is 3.88. The lowest BCUT2D eigenvalue weighted by Crippen LogP contribution is -1.97. The van der Waals surface area contributed by atoms with Crippen molar-refractivity contribution in [2.24, 2.45) is 0 Å². The van der Waals surface area contributed by atoms with Gasteiger partial charge in [-0.15, -0.1) is 0 Å². The van der Waals surface area contributed by atoms with Crippen molar-refractivity contribution in [3.8, 4) is 0 Å². The van der Waals surface area contributed by atoms with E-state index in [2.05, 4.69) is 15.9 Å². The molecule has 1 heterocycles. The number of hydrogen-bond donors (Lipinski definition) is 1. The molecule has 0 amide bonds. The standard InChI is InChI=1S/C9H5BrINO3S/c10-5-3-7(9(13)14)6-1-2-12(16-15-11)8(6)4-5/h1-4H,(H,13,14). The summed E-state index contributed by atoms with van der Waals surface area (Å²) in [4.78, 5) is 11.1. The molecule has 2 aromatic rings. The first-order chi connectivity index (χ1) is 7.63. The van der Waals surface area contributed by atoms with Gasteiger partial charge in [-0.1, -0.05) is 15.9 Å². The lowest BCUT2D eigenvalue weighted by molar-refractivity contribution is 0.0699. The van der Waals surface area contributed by atoms with Crippen LogP contribution in [0.1, 0.15) is 10.4 Å². The van der Waals surface area contributed by atoms with E-state index >= 15 is 0 Å². The Morgan fingerprint density at radius 2 is 2.31 bits per heavy atom. The van der Waals surface area contributed by atoms with E-state index in [1.807, 2.05) is 6.07 Å². The first-order valence-electron chi connectivity index (χ1n) is 4.13. The van der Waals surface area contributed by atoms with Crippen molar-refractivity contribution < 1.29 is 12.4 Å². The largest absolute Gasteiger partial charge is 0.478 e. The highest BCUT2D eigenvalue weighted by Crippen LogP contribution is 2.29. The van der Waals surface area contributed by atoms with Crippen LogP contribution in [0.4, 0.5) is 0 Å². The molecule has 4 nitrogen and oxygen atoms in total. The average molecular weight is 414 g/mol. The van der Waals surface area contributed by atoms with E-state index < -0.39 is 5.97 Å². The molecule has 1 N–H and O–H groups in total. The molecule has 1 aromatic heterocycles. The van der Waals surface area contributed by atoms with E-state index in [-0.39, 0.29) is 5.56 Å². The van der Waals surface area contributed by atoms with Crippen LogP contribution in [0, 0.1) is 0 Å². The first-order valence-corrected chi connectivity index (χ1v) is 6.50. The summed E-state index contributed by atoms with van der Waals surface area (Å²) < 4.78 is 7.41. The predicted molar refractivity (Wildman–Crippen MR) is 74.7 cm³/mol. The number of fused-ring (bicyclic) bond motifs is 1. The minimum Gasteiger partial charge on any atom is -0.478 e. The van der Waals surface area contributed by atoms with E-state index in [0.29, 0.717) is 5.39 Å². The van der Waals surface area contributed by atoms with Gasteiger partial charge in [-0.2, -0.15) is 0 Å². The highest BCUT2D eigenvalue weighted by Gasteiger charge is 2.13. The number of benzene rings is 1. The van der Waals surface area contributed by atoms with Crippen LogP contribution >= 0.6 is 51.2 Å². The third-order valence-electron chi connectivity index (χ3n) is 2.08. The van der Waals surface area contributed by atoms with E-state index in [4.69, 9.17) is 7.62 Å². The van der Waals surface area contributed by atoms with Crippen LogP contribution in [0.3, 0.4) is 0 Å². The molecule has 0 fully saturated rings. The van der Waals surface area contributed by atoms with Gasteiger partial charge in [0.15, 0.2) is 0 Å². The van der Waals surface area contributed by atoms with Crippen molar-refractivity contribution in [1.29, 1.82) is 0 Å². The van der Waals surface area contributed by atoms with Crippen molar-refractivity contribution in [1.82, 2.24) is 3.97 Å². The summed E-state index contributed by atoms with van der Waals surface area (Å²) in [7, 11) is 0. The number of rotatable bonds is 3. The fraction of sp³-hybridized carbons (Fsp3) is 0. The van der Waals surface area contributed by atoms with Gasteiger partial charge in [0.25, 0.3) is 0 Å². The summed E-state index contributed by atoms with van der Waals surface area (Å²) in [5, 5.41) is 9.77. The van der Waals surface area contributed by atoms with Crippen LogP contribution in [-0.2, 0) is 2.51 Å². The fourth-order valence-electron chi connectivity index (χ4n) is 1.46. The van der Waals surface area contributed by atoms with Crippen molar-refractivity contribution in [3.63, 3.8) is 0 Å². The molecule has 2 rings (SSSR count). The molecule has 0 spiro atoms. The molecule has 0 aliphatic rings. The van der Waals surface area contributed by atoms with Gasteiger partial charge in [0.1, 0.15) is 35.2 Å². The molecule has 0 saturated carbocycles. The molecule has 0 unspecified atom stereocenters. The molecule has 1 aromatic carbocycles. The zero-order valence-electron chi connectivity index (χ0n) is 7.68. The maximum Gasteiger partial charge on any atom is 0.336 e. The Balaban J connectivity index is 2.70. The molecule has 16 heavy (non-hydrogen) atoms. The zero-order chi connectivity index (χ0) is 11.7. The Kier molecular flexibility index (Phi) is 3.77. The van der Waals surface area contributed by atoms with Crippen LogP contribution in [0.15, 0.2) is 28.9 Å². The van der Waals surface area contributed by atoms with Crippen LogP contribution in [0.25, 0.3) is 10.9 Å². The summed E-state index contributed by atoms with van der Waals surface area (Å²) >= 11 is 6.19. The maximum absolute atomic E-state index is 11.1. The summed E-state index contributed by atoms with van der Waals surface area (Å²) in [5.41, 5.74) is 1.07. The van der Waals surface area contributed by atoms with Gasteiger partial charge in [0.2, 0.25) is 0 Å². The highest BCUT2D eigenvalue weighted by molar-refractivity contribution is 14.1. The Morgan fingerprint density at radius 1 is 1.56 bits per heavy atom. The molecule has 0 saturated heterocycles. The second-order valence-electron chi connectivity index (χ2n) is 2.97. The number of carbonyl (C=O) groups is 1. The summed E-state index contributed by atoms with van der Waals surface area (Å²) in [6.45, 7) is 0. The number of nitrogens with zero attached hydrogens (tertiary/aromatic N) is 1.